The van der Waals surface area contributed by atoms with Crippen LogP contribution in [0.2, 0.25) is 0 Å². The van der Waals surface area contributed by atoms with Gasteiger partial charge in [-0.2, -0.15) is 0 Å². The summed E-state index contributed by atoms with van der Waals surface area (Å²) in [6.45, 7) is 7.37. The van der Waals surface area contributed by atoms with Crippen molar-refractivity contribution in [3.63, 3.8) is 0 Å². The molecule has 1 saturated carbocycles. The molecule has 184 valence electrons. The van der Waals surface area contributed by atoms with Crippen LogP contribution in [0.5, 0.6) is 0 Å². The lowest BCUT2D eigenvalue weighted by molar-refractivity contribution is -0.140. The van der Waals surface area contributed by atoms with Gasteiger partial charge in [-0.3, -0.25) is 9.59 Å². The molecule has 1 aliphatic heterocycles. The van der Waals surface area contributed by atoms with Gasteiger partial charge in [0.2, 0.25) is 11.8 Å². The maximum absolute atomic E-state index is 13.4. The van der Waals surface area contributed by atoms with Crippen LogP contribution < -0.4 is 10.6 Å². The molecule has 1 aliphatic carbocycles. The monoisotopic (exact) mass is 457 g/mol. The number of nitrogens with zero attached hydrogens (tertiary/aromatic N) is 1. The molecule has 6 heteroatoms. The fourth-order valence-electron chi connectivity index (χ4n) is 5.07. The molecule has 0 bridgehead atoms. The van der Waals surface area contributed by atoms with Gasteiger partial charge in [0, 0.05) is 43.7 Å². The van der Waals surface area contributed by atoms with Gasteiger partial charge >= 0.3 is 0 Å². The zero-order chi connectivity index (χ0) is 23.5. The van der Waals surface area contributed by atoms with Crippen molar-refractivity contribution in [2.75, 3.05) is 38.2 Å². The van der Waals surface area contributed by atoms with Crippen LogP contribution in [0.1, 0.15) is 70.3 Å². The van der Waals surface area contributed by atoms with Crippen molar-refractivity contribution in [1.29, 1.82) is 0 Å². The first-order valence-corrected chi connectivity index (χ1v) is 13.0. The van der Waals surface area contributed by atoms with E-state index in [1.165, 1.54) is 37.7 Å². The Balaban J connectivity index is 1.60. The Morgan fingerprint density at radius 2 is 1.79 bits per heavy atom. The molecule has 2 aliphatic rings. The molecule has 2 fully saturated rings. The van der Waals surface area contributed by atoms with E-state index >= 15 is 0 Å². The lowest BCUT2D eigenvalue weighted by atomic mass is 9.81. The Labute approximate surface area is 199 Å². The molecule has 2 atom stereocenters. The Morgan fingerprint density at radius 3 is 2.45 bits per heavy atom. The number of hydrogen-bond acceptors (Lipinski definition) is 4. The minimum absolute atomic E-state index is 0.0475. The van der Waals surface area contributed by atoms with Gasteiger partial charge in [-0.25, -0.2) is 0 Å². The van der Waals surface area contributed by atoms with Crippen molar-refractivity contribution in [2.24, 2.45) is 11.8 Å². The van der Waals surface area contributed by atoms with Crippen LogP contribution in [0.3, 0.4) is 0 Å². The third-order valence-electron chi connectivity index (χ3n) is 7.09. The number of aryl methyl sites for hydroxylation is 1. The largest absolute Gasteiger partial charge is 0.383 e. The maximum atomic E-state index is 13.4. The fraction of sp³-hybridized carbons (Fsp3) is 0.704. The number of morpholine rings is 1. The van der Waals surface area contributed by atoms with Gasteiger partial charge in [-0.1, -0.05) is 63.1 Å². The summed E-state index contributed by atoms with van der Waals surface area (Å²) < 4.78 is 5.39. The van der Waals surface area contributed by atoms with E-state index in [-0.39, 0.29) is 23.8 Å². The van der Waals surface area contributed by atoms with Gasteiger partial charge < -0.3 is 20.3 Å². The number of carbonyl (C=O) groups is 2. The lowest BCUT2D eigenvalue weighted by Crippen LogP contribution is -2.46. The zero-order valence-electron chi connectivity index (χ0n) is 20.6. The van der Waals surface area contributed by atoms with Crippen LogP contribution in [-0.2, 0) is 14.3 Å². The van der Waals surface area contributed by atoms with Crippen molar-refractivity contribution in [3.8, 4) is 0 Å². The SMILES string of the molecule is CCC[C@H](CNc1ccc(C)cc1)NC(=O)[C@@H](CC(=O)N1CCOCC1)CC1CCCCC1. The molecule has 33 heavy (non-hydrogen) atoms. The predicted molar refractivity (Wildman–Crippen MR) is 133 cm³/mol. The van der Waals surface area contributed by atoms with Gasteiger partial charge in [0.1, 0.15) is 0 Å². The number of nitrogens with one attached hydrogen (secondary N) is 2. The fourth-order valence-corrected chi connectivity index (χ4v) is 5.07. The first kappa shape index (κ1) is 25.5. The molecule has 6 nitrogen and oxygen atoms in total. The second-order valence-corrected chi connectivity index (χ2v) is 9.88. The highest BCUT2D eigenvalue weighted by Gasteiger charge is 2.30. The summed E-state index contributed by atoms with van der Waals surface area (Å²) in [6.07, 6.45) is 9.21. The predicted octanol–water partition coefficient (Wildman–Crippen LogP) is 4.53. The van der Waals surface area contributed by atoms with Crippen molar-refractivity contribution in [3.05, 3.63) is 29.8 Å². The second-order valence-electron chi connectivity index (χ2n) is 9.88. The van der Waals surface area contributed by atoms with Gasteiger partial charge in [0.15, 0.2) is 0 Å². The number of carbonyl (C=O) groups excluding carboxylic acids is 2. The van der Waals surface area contributed by atoms with E-state index in [1.54, 1.807) is 0 Å². The Bertz CT molecular complexity index is 725. The van der Waals surface area contributed by atoms with E-state index in [4.69, 9.17) is 4.74 Å². The van der Waals surface area contributed by atoms with Crippen molar-refractivity contribution >= 4 is 17.5 Å². The van der Waals surface area contributed by atoms with Crippen molar-refractivity contribution in [1.82, 2.24) is 10.2 Å². The summed E-state index contributed by atoms with van der Waals surface area (Å²) in [5.41, 5.74) is 2.30. The zero-order valence-corrected chi connectivity index (χ0v) is 20.6. The van der Waals surface area contributed by atoms with Gasteiger partial charge in [0.05, 0.1) is 13.2 Å². The highest BCUT2D eigenvalue weighted by molar-refractivity contribution is 5.86. The topological polar surface area (TPSA) is 70.7 Å². The molecule has 2 amide bonds. The van der Waals surface area contributed by atoms with E-state index in [0.717, 1.165) is 24.9 Å². The first-order valence-electron chi connectivity index (χ1n) is 13.0. The summed E-state index contributed by atoms with van der Waals surface area (Å²) >= 11 is 0. The Morgan fingerprint density at radius 1 is 1.09 bits per heavy atom. The maximum Gasteiger partial charge on any atom is 0.223 e. The molecule has 1 aromatic carbocycles. The molecule has 1 aromatic rings. The number of hydrogen-bond donors (Lipinski definition) is 2. The summed E-state index contributed by atoms with van der Waals surface area (Å²) in [7, 11) is 0. The highest BCUT2D eigenvalue weighted by atomic mass is 16.5. The van der Waals surface area contributed by atoms with Gasteiger partial charge in [0.25, 0.3) is 0 Å². The molecule has 0 spiro atoms. The summed E-state index contributed by atoms with van der Waals surface area (Å²) in [5, 5.41) is 6.77. The smallest absolute Gasteiger partial charge is 0.223 e. The molecule has 1 heterocycles. The number of anilines is 1. The van der Waals surface area contributed by atoms with E-state index < -0.39 is 0 Å². The third kappa shape index (κ3) is 8.65. The average molecular weight is 458 g/mol. The van der Waals surface area contributed by atoms with Crippen LogP contribution in [0.15, 0.2) is 24.3 Å². The normalized spacial score (nSPS) is 19.0. The van der Waals surface area contributed by atoms with Crippen LogP contribution in [0, 0.1) is 18.8 Å². The van der Waals surface area contributed by atoms with Gasteiger partial charge in [-0.05, 0) is 37.8 Å². The standard InChI is InChI=1S/C27H43N3O3/c1-3-7-25(20-28-24-12-10-21(2)11-13-24)29-27(32)23(18-22-8-5-4-6-9-22)19-26(31)30-14-16-33-17-15-30/h10-13,22-23,25,28H,3-9,14-20H2,1-2H3,(H,29,32)/t23-,25-/m1/s1. The molecular formula is C27H43N3O3. The van der Waals surface area contributed by atoms with Crippen LogP contribution >= 0.6 is 0 Å². The summed E-state index contributed by atoms with van der Waals surface area (Å²) in [6, 6.07) is 8.39. The van der Waals surface area contributed by atoms with Crippen LogP contribution in [-0.4, -0.2) is 55.6 Å². The first-order chi connectivity index (χ1) is 16.0. The number of ether oxygens (including phenoxy) is 1. The molecule has 0 aromatic heterocycles. The molecule has 0 unspecified atom stereocenters. The Kier molecular flexibility index (Phi) is 10.5. The quantitative estimate of drug-likeness (QED) is 0.512. The minimum atomic E-state index is -0.248. The van der Waals surface area contributed by atoms with Gasteiger partial charge in [-0.15, -0.1) is 0 Å². The summed E-state index contributed by atoms with van der Waals surface area (Å²) in [5.74, 6) is 0.454. The average Bonchev–Trinajstić information content (AvgIpc) is 2.84. The number of amides is 2. The molecule has 0 radical (unpaired) electrons. The Hall–Kier alpha value is -2.08. The van der Waals surface area contributed by atoms with E-state index in [1.807, 2.05) is 4.90 Å². The highest BCUT2D eigenvalue weighted by Crippen LogP contribution is 2.30. The van der Waals surface area contributed by atoms with Crippen LogP contribution in [0.4, 0.5) is 5.69 Å². The van der Waals surface area contributed by atoms with E-state index in [0.29, 0.717) is 45.2 Å². The second kappa shape index (κ2) is 13.6. The summed E-state index contributed by atoms with van der Waals surface area (Å²) in [4.78, 5) is 28.3. The van der Waals surface area contributed by atoms with E-state index in [9.17, 15) is 9.59 Å². The van der Waals surface area contributed by atoms with Crippen molar-refractivity contribution < 1.29 is 14.3 Å². The third-order valence-corrected chi connectivity index (χ3v) is 7.09. The molecule has 1 saturated heterocycles. The number of benzene rings is 1. The van der Waals surface area contributed by atoms with Crippen molar-refractivity contribution in [2.45, 2.75) is 77.7 Å². The molecular weight excluding hydrogens is 414 g/mol. The van der Waals surface area contributed by atoms with Crippen LogP contribution in [0.25, 0.3) is 0 Å². The number of rotatable bonds is 11. The molecule has 3 rings (SSSR count). The minimum Gasteiger partial charge on any atom is -0.383 e. The molecule has 2 N–H and O–H groups in total. The lowest BCUT2D eigenvalue weighted by Gasteiger charge is -2.31. The van der Waals surface area contributed by atoms with E-state index in [2.05, 4.69) is 48.7 Å².